The number of aromatic nitrogens is 8. The molecule has 0 amide bonds. The summed E-state index contributed by atoms with van der Waals surface area (Å²) in [5, 5.41) is 4.04. The van der Waals surface area contributed by atoms with Gasteiger partial charge in [-0.1, -0.05) is 143 Å². The zero-order valence-electron chi connectivity index (χ0n) is 28.2. The van der Waals surface area contributed by atoms with Crippen molar-refractivity contribution in [1.82, 2.24) is 39.9 Å². The quantitative estimate of drug-likeness (QED) is 0.150. The highest BCUT2D eigenvalue weighted by Gasteiger charge is 2.22. The first-order chi connectivity index (χ1) is 24.7. The molecule has 0 unspecified atom stereocenters. The standard InChI is InChI=1S/C42H38N8/c1-2-3-4-5-6-7-8-9-17-26-18-16-25-33-34(26)42-49-40-32-24-15-14-23-31(32)38(47-40)45-36-28-20-11-10-19-27(28)35(43-36)44-37-29-21-12-13-22-30(29)39(46-37)48-41(33)50-42/h10-16,18-25H,2-9,17H2,1H3,(H2,43,44,45,46,47,48,49,50). The van der Waals surface area contributed by atoms with Crippen LogP contribution in [0.25, 0.3) is 89.7 Å². The molecule has 9 rings (SSSR count). The zero-order valence-corrected chi connectivity index (χ0v) is 28.2. The van der Waals surface area contributed by atoms with Crippen LogP contribution in [0.2, 0.25) is 0 Å². The summed E-state index contributed by atoms with van der Waals surface area (Å²) in [6, 6.07) is 31.0. The Labute approximate surface area is 290 Å². The molecule has 0 saturated carbocycles. The fourth-order valence-electron chi connectivity index (χ4n) is 7.42. The molecule has 0 fully saturated rings. The third-order valence-corrected chi connectivity index (χ3v) is 9.97. The van der Waals surface area contributed by atoms with Crippen LogP contribution in [0.1, 0.15) is 63.9 Å². The number of benzene rings is 4. The number of aryl methyl sites for hydroxylation is 1. The van der Waals surface area contributed by atoms with Crippen molar-refractivity contribution in [3.05, 3.63) is 96.6 Å². The number of nitrogens with zero attached hydrogens (tertiary/aromatic N) is 6. The van der Waals surface area contributed by atoms with E-state index in [2.05, 4.69) is 71.5 Å². The van der Waals surface area contributed by atoms with Crippen LogP contribution >= 0.6 is 0 Å². The van der Waals surface area contributed by atoms with E-state index in [-0.39, 0.29) is 0 Å². The van der Waals surface area contributed by atoms with E-state index in [1.165, 1.54) is 50.5 Å². The maximum Gasteiger partial charge on any atom is 0.164 e. The minimum absolute atomic E-state index is 0.611. The lowest BCUT2D eigenvalue weighted by atomic mass is 10.0. The van der Waals surface area contributed by atoms with Crippen LogP contribution in [0.15, 0.2) is 91.0 Å². The predicted molar refractivity (Wildman–Crippen MR) is 202 cm³/mol. The molecule has 8 nitrogen and oxygen atoms in total. The minimum atomic E-state index is 0.611. The maximum absolute atomic E-state index is 5.26. The summed E-state index contributed by atoms with van der Waals surface area (Å²) in [6.45, 7) is 2.27. The second-order valence-electron chi connectivity index (χ2n) is 13.3. The molecule has 2 aliphatic heterocycles. The summed E-state index contributed by atoms with van der Waals surface area (Å²) in [4.78, 5) is 37.9. The van der Waals surface area contributed by atoms with E-state index in [9.17, 15) is 0 Å². The van der Waals surface area contributed by atoms with E-state index in [1.54, 1.807) is 0 Å². The number of unbranched alkanes of at least 4 members (excludes halogenated alkanes) is 7. The minimum Gasteiger partial charge on any atom is -0.324 e. The number of hydrogen-bond donors (Lipinski definition) is 2. The topological polar surface area (TPSA) is 109 Å². The van der Waals surface area contributed by atoms with Crippen LogP contribution in [0.3, 0.4) is 0 Å². The third-order valence-electron chi connectivity index (χ3n) is 9.97. The van der Waals surface area contributed by atoms with Gasteiger partial charge in [-0.05, 0) is 18.4 Å². The molecule has 2 aliphatic rings. The highest BCUT2D eigenvalue weighted by molar-refractivity contribution is 6.07. The van der Waals surface area contributed by atoms with Gasteiger partial charge in [0, 0.05) is 43.8 Å². The monoisotopic (exact) mass is 654 g/mol. The van der Waals surface area contributed by atoms with Crippen molar-refractivity contribution < 1.29 is 0 Å². The smallest absolute Gasteiger partial charge is 0.164 e. The lowest BCUT2D eigenvalue weighted by Crippen LogP contribution is -1.89. The number of rotatable bonds is 9. The average Bonchev–Trinajstić information content (AvgIpc) is 3.89. The Morgan fingerprint density at radius 3 is 1.36 bits per heavy atom. The lowest BCUT2D eigenvalue weighted by Gasteiger charge is -2.05. The molecule has 0 aliphatic carbocycles. The van der Waals surface area contributed by atoms with Crippen LogP contribution in [0.4, 0.5) is 0 Å². The summed E-state index contributed by atoms with van der Waals surface area (Å²) < 4.78 is 0. The first-order valence-electron chi connectivity index (χ1n) is 18.0. The fourth-order valence-corrected chi connectivity index (χ4v) is 7.42. The Morgan fingerprint density at radius 2 is 0.820 bits per heavy atom. The molecular weight excluding hydrogens is 617 g/mol. The Morgan fingerprint density at radius 1 is 0.400 bits per heavy atom. The van der Waals surface area contributed by atoms with Crippen molar-refractivity contribution in [3.63, 3.8) is 0 Å². The van der Waals surface area contributed by atoms with Gasteiger partial charge in [0.15, 0.2) is 23.3 Å². The molecule has 3 aromatic heterocycles. The van der Waals surface area contributed by atoms with E-state index in [0.717, 1.165) is 67.9 Å². The van der Waals surface area contributed by atoms with Crippen molar-refractivity contribution in [3.8, 4) is 45.6 Å². The second-order valence-corrected chi connectivity index (χ2v) is 13.3. The van der Waals surface area contributed by atoms with Gasteiger partial charge in [-0.25, -0.2) is 29.9 Å². The van der Waals surface area contributed by atoms with Gasteiger partial charge in [0.1, 0.15) is 22.6 Å². The molecule has 50 heavy (non-hydrogen) atoms. The van der Waals surface area contributed by atoms with Crippen LogP contribution in [-0.2, 0) is 6.42 Å². The van der Waals surface area contributed by atoms with Crippen molar-refractivity contribution in [2.75, 3.05) is 0 Å². The second kappa shape index (κ2) is 12.9. The van der Waals surface area contributed by atoms with E-state index in [0.29, 0.717) is 34.6 Å². The molecule has 2 N–H and O–H groups in total. The van der Waals surface area contributed by atoms with Crippen LogP contribution < -0.4 is 0 Å². The number of H-pyrrole nitrogens is 2. The maximum atomic E-state index is 5.26. The normalized spacial score (nSPS) is 12.0. The van der Waals surface area contributed by atoms with Gasteiger partial charge >= 0.3 is 0 Å². The van der Waals surface area contributed by atoms with Gasteiger partial charge in [-0.3, -0.25) is 0 Å². The summed E-state index contributed by atoms with van der Waals surface area (Å²) in [5.41, 5.74) is 7.92. The zero-order chi connectivity index (χ0) is 33.4. The van der Waals surface area contributed by atoms with Gasteiger partial charge in [0.05, 0.1) is 0 Å². The first kappa shape index (κ1) is 30.3. The number of fused-ring (bicyclic) bond motifs is 20. The SMILES string of the molecule is CCCCCCCCCCc1cccc2c3nc4nc(nc5[nH]c(nc6nc(nc([nH]3)c12)-c1ccccc1-6)c1ccccc51)-c1ccccc1-4. The van der Waals surface area contributed by atoms with E-state index in [1.807, 2.05) is 36.4 Å². The molecule has 0 atom stereocenters. The highest BCUT2D eigenvalue weighted by Crippen LogP contribution is 2.37. The van der Waals surface area contributed by atoms with Gasteiger partial charge in [-0.15, -0.1) is 0 Å². The summed E-state index contributed by atoms with van der Waals surface area (Å²) in [5.74, 6) is 2.47. The molecule has 0 radical (unpaired) electrons. The van der Waals surface area contributed by atoms with E-state index in [4.69, 9.17) is 29.9 Å². The summed E-state index contributed by atoms with van der Waals surface area (Å²) >= 11 is 0. The van der Waals surface area contributed by atoms with Crippen molar-refractivity contribution in [1.29, 1.82) is 0 Å². The molecular formula is C42H38N8. The molecule has 0 saturated heterocycles. The fraction of sp³-hybridized carbons (Fsp3) is 0.238. The van der Waals surface area contributed by atoms with Crippen molar-refractivity contribution >= 4 is 44.1 Å². The summed E-state index contributed by atoms with van der Waals surface area (Å²) in [6.07, 6.45) is 11.2. The number of hydrogen-bond acceptors (Lipinski definition) is 6. The van der Waals surface area contributed by atoms with Crippen molar-refractivity contribution in [2.24, 2.45) is 0 Å². The van der Waals surface area contributed by atoms with Crippen LogP contribution in [0, 0.1) is 0 Å². The third kappa shape index (κ3) is 5.41. The Kier molecular flexibility index (Phi) is 7.84. The molecule has 4 aromatic carbocycles. The van der Waals surface area contributed by atoms with Gasteiger partial charge < -0.3 is 9.97 Å². The Hall–Kier alpha value is -5.76. The van der Waals surface area contributed by atoms with E-state index >= 15 is 0 Å². The highest BCUT2D eigenvalue weighted by atomic mass is 15.1. The lowest BCUT2D eigenvalue weighted by molar-refractivity contribution is 0.576. The Balaban J connectivity index is 1.28. The van der Waals surface area contributed by atoms with Crippen molar-refractivity contribution in [2.45, 2.75) is 64.7 Å². The summed E-state index contributed by atoms with van der Waals surface area (Å²) in [7, 11) is 0. The van der Waals surface area contributed by atoms with E-state index < -0.39 is 0 Å². The average molecular weight is 655 g/mol. The van der Waals surface area contributed by atoms with Gasteiger partial charge in [0.2, 0.25) is 0 Å². The predicted octanol–water partition coefficient (Wildman–Crippen LogP) is 10.6. The number of nitrogens with one attached hydrogen (secondary N) is 2. The molecule has 8 heteroatoms. The van der Waals surface area contributed by atoms with Gasteiger partial charge in [-0.2, -0.15) is 0 Å². The van der Waals surface area contributed by atoms with Crippen LogP contribution in [0.5, 0.6) is 0 Å². The molecule has 0 spiro atoms. The largest absolute Gasteiger partial charge is 0.324 e. The first-order valence-corrected chi connectivity index (χ1v) is 18.0. The van der Waals surface area contributed by atoms with Crippen LogP contribution in [-0.4, -0.2) is 39.9 Å². The molecule has 5 heterocycles. The van der Waals surface area contributed by atoms with Gasteiger partial charge in [0.25, 0.3) is 0 Å². The molecule has 246 valence electrons. The molecule has 8 bridgehead atoms. The molecule has 7 aromatic rings. The number of aromatic amines is 2. The Bertz CT molecular complexity index is 2560.